The molecule has 0 atom stereocenters. The zero-order valence-corrected chi connectivity index (χ0v) is 18.5. The van der Waals surface area contributed by atoms with E-state index < -0.39 is 10.0 Å². The van der Waals surface area contributed by atoms with Gasteiger partial charge in [0, 0.05) is 26.1 Å². The van der Waals surface area contributed by atoms with Crippen molar-refractivity contribution >= 4 is 37.5 Å². The van der Waals surface area contributed by atoms with Crippen molar-refractivity contribution < 1.29 is 22.7 Å². The number of nitrogens with zero attached hydrogens (tertiary/aromatic N) is 2. The Balaban J connectivity index is 1.56. The smallest absolute Gasteiger partial charge is 0.240 e. The summed E-state index contributed by atoms with van der Waals surface area (Å²) in [5, 5.41) is 0.831. The Morgan fingerprint density at radius 1 is 1.13 bits per heavy atom. The summed E-state index contributed by atoms with van der Waals surface area (Å²) < 4.78 is 38.8. The highest BCUT2D eigenvalue weighted by Crippen LogP contribution is 2.29. The molecule has 3 aromatic rings. The lowest BCUT2D eigenvalue weighted by Crippen LogP contribution is -2.31. The molecule has 2 aromatic carbocycles. The molecule has 8 nitrogen and oxygen atoms in total. The minimum absolute atomic E-state index is 0.0142. The van der Waals surface area contributed by atoms with Gasteiger partial charge in [-0.3, -0.25) is 4.79 Å². The lowest BCUT2D eigenvalue weighted by Gasteiger charge is -2.16. The van der Waals surface area contributed by atoms with Crippen molar-refractivity contribution in [3.63, 3.8) is 0 Å². The van der Waals surface area contributed by atoms with E-state index in [9.17, 15) is 13.2 Å². The van der Waals surface area contributed by atoms with Gasteiger partial charge in [0.05, 0.1) is 35.9 Å². The van der Waals surface area contributed by atoms with Gasteiger partial charge in [0.1, 0.15) is 5.01 Å². The molecular weight excluding hydrogens is 426 g/mol. The standard InChI is InChI=1S/C20H23N3O5S2/c1-23(13-19-22-15-6-4-5-7-18(15)29-19)20(24)10-11-21-30(25,26)14-8-9-16(27-2)17(12-14)28-3/h4-9,12,21H,10-11,13H2,1-3H3. The van der Waals surface area contributed by atoms with E-state index in [2.05, 4.69) is 9.71 Å². The number of rotatable bonds is 9. The van der Waals surface area contributed by atoms with E-state index >= 15 is 0 Å². The molecule has 0 spiro atoms. The van der Waals surface area contributed by atoms with E-state index in [0.29, 0.717) is 18.0 Å². The van der Waals surface area contributed by atoms with E-state index in [1.54, 1.807) is 11.9 Å². The van der Waals surface area contributed by atoms with E-state index in [1.165, 1.54) is 43.8 Å². The number of ether oxygens (including phenoxy) is 2. The van der Waals surface area contributed by atoms with Gasteiger partial charge in [0.25, 0.3) is 0 Å². The minimum atomic E-state index is -3.78. The second kappa shape index (κ2) is 9.41. The Morgan fingerprint density at radius 2 is 1.87 bits per heavy atom. The molecule has 3 rings (SSSR count). The third kappa shape index (κ3) is 5.07. The van der Waals surface area contributed by atoms with Gasteiger partial charge in [-0.15, -0.1) is 11.3 Å². The number of sulfonamides is 1. The summed E-state index contributed by atoms with van der Waals surface area (Å²) in [6, 6.07) is 12.1. The van der Waals surface area contributed by atoms with Gasteiger partial charge in [0.15, 0.2) is 11.5 Å². The average molecular weight is 450 g/mol. The van der Waals surface area contributed by atoms with Gasteiger partial charge in [-0.2, -0.15) is 0 Å². The first-order chi connectivity index (χ1) is 14.3. The van der Waals surface area contributed by atoms with E-state index in [-0.39, 0.29) is 23.8 Å². The quantitative estimate of drug-likeness (QED) is 0.539. The fraction of sp³-hybridized carbons (Fsp3) is 0.300. The average Bonchev–Trinajstić information content (AvgIpc) is 3.15. The van der Waals surface area contributed by atoms with Crippen molar-refractivity contribution in [3.8, 4) is 11.5 Å². The van der Waals surface area contributed by atoms with Crippen LogP contribution < -0.4 is 14.2 Å². The third-order valence-corrected chi connectivity index (χ3v) is 6.91. The fourth-order valence-corrected chi connectivity index (χ4v) is 4.90. The molecule has 0 unspecified atom stereocenters. The molecule has 0 fully saturated rings. The molecule has 10 heteroatoms. The predicted molar refractivity (Wildman–Crippen MR) is 115 cm³/mol. The first-order valence-corrected chi connectivity index (χ1v) is 11.4. The summed E-state index contributed by atoms with van der Waals surface area (Å²) in [5.74, 6) is 0.569. The molecule has 0 aliphatic carbocycles. The van der Waals surface area contributed by atoms with Gasteiger partial charge in [-0.1, -0.05) is 12.1 Å². The van der Waals surface area contributed by atoms with Crippen molar-refractivity contribution in [2.45, 2.75) is 17.9 Å². The molecule has 1 N–H and O–H groups in total. The van der Waals surface area contributed by atoms with Crippen LogP contribution in [0.4, 0.5) is 0 Å². The van der Waals surface area contributed by atoms with Crippen molar-refractivity contribution in [3.05, 3.63) is 47.5 Å². The summed E-state index contributed by atoms with van der Waals surface area (Å²) in [6.45, 7) is 0.361. The minimum Gasteiger partial charge on any atom is -0.493 e. The summed E-state index contributed by atoms with van der Waals surface area (Å²) in [4.78, 5) is 18.5. The maximum Gasteiger partial charge on any atom is 0.240 e. The van der Waals surface area contributed by atoms with Crippen molar-refractivity contribution in [2.75, 3.05) is 27.8 Å². The number of amides is 1. The Labute approximate surface area is 179 Å². The van der Waals surface area contributed by atoms with Gasteiger partial charge >= 0.3 is 0 Å². The summed E-state index contributed by atoms with van der Waals surface area (Å²) >= 11 is 1.54. The van der Waals surface area contributed by atoms with Crippen LogP contribution in [0.15, 0.2) is 47.4 Å². The van der Waals surface area contributed by atoms with Crippen LogP contribution in [0.5, 0.6) is 11.5 Å². The number of methoxy groups -OCH3 is 2. The van der Waals surface area contributed by atoms with Crippen LogP contribution in [0.25, 0.3) is 10.2 Å². The number of nitrogens with one attached hydrogen (secondary N) is 1. The topological polar surface area (TPSA) is 97.8 Å². The molecule has 0 aliphatic heterocycles. The zero-order chi connectivity index (χ0) is 21.7. The largest absolute Gasteiger partial charge is 0.493 e. The molecule has 0 saturated carbocycles. The number of para-hydroxylation sites is 1. The molecular formula is C20H23N3O5S2. The lowest BCUT2D eigenvalue weighted by atomic mass is 10.3. The monoisotopic (exact) mass is 449 g/mol. The van der Waals surface area contributed by atoms with Crippen LogP contribution in [0.1, 0.15) is 11.4 Å². The summed E-state index contributed by atoms with van der Waals surface area (Å²) in [5.41, 5.74) is 0.904. The van der Waals surface area contributed by atoms with Crippen LogP contribution in [0, 0.1) is 0 Å². The highest BCUT2D eigenvalue weighted by atomic mass is 32.2. The maximum atomic E-state index is 12.5. The Kier molecular flexibility index (Phi) is 6.91. The van der Waals surface area contributed by atoms with Gasteiger partial charge in [-0.05, 0) is 24.3 Å². The first-order valence-electron chi connectivity index (χ1n) is 9.14. The number of aromatic nitrogens is 1. The van der Waals surface area contributed by atoms with Crippen LogP contribution in [0.2, 0.25) is 0 Å². The number of carbonyl (C=O) groups is 1. The van der Waals surface area contributed by atoms with Gasteiger partial charge < -0.3 is 14.4 Å². The molecule has 0 radical (unpaired) electrons. The summed E-state index contributed by atoms with van der Waals surface area (Å²) in [6.07, 6.45) is 0.0356. The SMILES string of the molecule is COc1ccc(S(=O)(=O)NCCC(=O)N(C)Cc2nc3ccccc3s2)cc1OC. The summed E-state index contributed by atoms with van der Waals surface area (Å²) in [7, 11) is 0.801. The zero-order valence-electron chi connectivity index (χ0n) is 16.9. The number of hydrogen-bond acceptors (Lipinski definition) is 7. The number of hydrogen-bond donors (Lipinski definition) is 1. The molecule has 1 heterocycles. The molecule has 0 aliphatic rings. The third-order valence-electron chi connectivity index (χ3n) is 4.43. The molecule has 1 aromatic heterocycles. The number of benzene rings is 2. The molecule has 0 bridgehead atoms. The highest BCUT2D eigenvalue weighted by Gasteiger charge is 2.18. The molecule has 160 valence electrons. The van der Waals surface area contributed by atoms with Crippen LogP contribution in [0.3, 0.4) is 0 Å². The van der Waals surface area contributed by atoms with Crippen molar-refractivity contribution in [1.82, 2.24) is 14.6 Å². The normalized spacial score (nSPS) is 11.4. The van der Waals surface area contributed by atoms with Crippen molar-refractivity contribution in [2.24, 2.45) is 0 Å². The maximum absolute atomic E-state index is 12.5. The van der Waals surface area contributed by atoms with Crippen molar-refractivity contribution in [1.29, 1.82) is 0 Å². The second-order valence-corrected chi connectivity index (χ2v) is 9.37. The molecule has 0 saturated heterocycles. The fourth-order valence-electron chi connectivity index (χ4n) is 2.83. The van der Waals surface area contributed by atoms with Crippen LogP contribution in [-0.2, 0) is 21.4 Å². The molecule has 1 amide bonds. The Morgan fingerprint density at radius 3 is 2.57 bits per heavy atom. The predicted octanol–water partition coefficient (Wildman–Crippen LogP) is 2.64. The van der Waals surface area contributed by atoms with E-state index in [4.69, 9.17) is 9.47 Å². The highest BCUT2D eigenvalue weighted by molar-refractivity contribution is 7.89. The number of thiazole rings is 1. The number of fused-ring (bicyclic) bond motifs is 1. The Bertz CT molecular complexity index is 1110. The molecule has 30 heavy (non-hydrogen) atoms. The first kappa shape index (κ1) is 22.0. The van der Waals surface area contributed by atoms with Crippen LogP contribution >= 0.6 is 11.3 Å². The second-order valence-electron chi connectivity index (χ2n) is 6.49. The lowest BCUT2D eigenvalue weighted by molar-refractivity contribution is -0.130. The van der Waals surface area contributed by atoms with Gasteiger partial charge in [-0.25, -0.2) is 18.1 Å². The number of carbonyl (C=O) groups excluding carboxylic acids is 1. The van der Waals surface area contributed by atoms with E-state index in [1.807, 2.05) is 24.3 Å². The van der Waals surface area contributed by atoms with Crippen LogP contribution in [-0.4, -0.2) is 52.0 Å². The van der Waals surface area contributed by atoms with E-state index in [0.717, 1.165) is 15.2 Å². The van der Waals surface area contributed by atoms with Gasteiger partial charge in [0.2, 0.25) is 15.9 Å². The Hall–Kier alpha value is -2.69.